The van der Waals surface area contributed by atoms with E-state index >= 15 is 0 Å². The highest BCUT2D eigenvalue weighted by atomic mass is 35.5. The molecule has 160 valence electrons. The van der Waals surface area contributed by atoms with Crippen LogP contribution in [0.5, 0.6) is 0 Å². The zero-order valence-electron chi connectivity index (χ0n) is 16.9. The highest BCUT2D eigenvalue weighted by Gasteiger charge is 2.23. The van der Waals surface area contributed by atoms with Crippen molar-refractivity contribution in [3.05, 3.63) is 58.5 Å². The summed E-state index contributed by atoms with van der Waals surface area (Å²) in [6, 6.07) is 10.6. The molecule has 1 saturated heterocycles. The second-order valence-electron chi connectivity index (χ2n) is 6.97. The first kappa shape index (κ1) is 21.7. The zero-order chi connectivity index (χ0) is 21.5. The maximum Gasteiger partial charge on any atom is 0.284 e. The molecule has 0 saturated carbocycles. The van der Waals surface area contributed by atoms with Gasteiger partial charge in [-0.25, -0.2) is 4.99 Å². The number of halogens is 1. The van der Waals surface area contributed by atoms with E-state index in [1.807, 2.05) is 30.0 Å². The molecule has 1 fully saturated rings. The number of nitrogens with two attached hydrogens (primary N) is 1. The third-order valence-corrected chi connectivity index (χ3v) is 5.04. The summed E-state index contributed by atoms with van der Waals surface area (Å²) in [6.45, 7) is 5.61. The smallest absolute Gasteiger partial charge is 0.284 e. The molecule has 0 spiro atoms. The highest BCUT2D eigenvalue weighted by molar-refractivity contribution is 6.30. The second kappa shape index (κ2) is 10.2. The fourth-order valence-corrected chi connectivity index (χ4v) is 3.49. The first-order valence-electron chi connectivity index (χ1n) is 9.90. The molecule has 0 radical (unpaired) electrons. The van der Waals surface area contributed by atoms with Crippen molar-refractivity contribution in [2.75, 3.05) is 32.7 Å². The Kier molecular flexibility index (Phi) is 7.35. The minimum absolute atomic E-state index is 0.0911. The van der Waals surface area contributed by atoms with Gasteiger partial charge in [0, 0.05) is 37.7 Å². The summed E-state index contributed by atoms with van der Waals surface area (Å²) >= 11 is 6.01. The van der Waals surface area contributed by atoms with Crippen LogP contribution < -0.4 is 11.1 Å². The molecule has 0 aliphatic carbocycles. The van der Waals surface area contributed by atoms with E-state index in [4.69, 9.17) is 21.8 Å². The Morgan fingerprint density at radius 3 is 2.53 bits per heavy atom. The minimum Gasteiger partial charge on any atom is -0.454 e. The molecular formula is C21H26ClN5O3. The van der Waals surface area contributed by atoms with E-state index in [0.29, 0.717) is 49.9 Å². The lowest BCUT2D eigenvalue weighted by Gasteiger charge is -2.36. The molecule has 1 aliphatic heterocycles. The molecule has 0 atom stereocenters. The van der Waals surface area contributed by atoms with Crippen molar-refractivity contribution in [1.29, 1.82) is 0 Å². The van der Waals surface area contributed by atoms with Crippen LogP contribution in [-0.4, -0.2) is 60.3 Å². The number of furan rings is 1. The van der Waals surface area contributed by atoms with E-state index in [9.17, 15) is 9.59 Å². The van der Waals surface area contributed by atoms with Crippen LogP contribution in [0.25, 0.3) is 0 Å². The lowest BCUT2D eigenvalue weighted by molar-refractivity contribution is -0.131. The monoisotopic (exact) mass is 431 g/mol. The number of benzene rings is 1. The molecule has 1 aromatic heterocycles. The number of rotatable bonds is 6. The zero-order valence-corrected chi connectivity index (χ0v) is 17.7. The predicted molar refractivity (Wildman–Crippen MR) is 115 cm³/mol. The van der Waals surface area contributed by atoms with Gasteiger partial charge < -0.3 is 25.3 Å². The van der Waals surface area contributed by atoms with Gasteiger partial charge in [-0.05, 0) is 36.8 Å². The second-order valence-corrected chi connectivity index (χ2v) is 7.41. The predicted octanol–water partition coefficient (Wildman–Crippen LogP) is 1.88. The van der Waals surface area contributed by atoms with Gasteiger partial charge in [0.2, 0.25) is 5.91 Å². The molecular weight excluding hydrogens is 406 g/mol. The van der Waals surface area contributed by atoms with Gasteiger partial charge in [0.25, 0.3) is 5.91 Å². The average molecular weight is 432 g/mol. The summed E-state index contributed by atoms with van der Waals surface area (Å²) in [5.41, 5.74) is 6.13. The lowest BCUT2D eigenvalue weighted by atomic mass is 10.1. The van der Waals surface area contributed by atoms with Gasteiger partial charge in [-0.2, -0.15) is 0 Å². The molecule has 2 aromatic rings. The number of guanidine groups is 1. The van der Waals surface area contributed by atoms with E-state index in [1.54, 1.807) is 18.2 Å². The largest absolute Gasteiger partial charge is 0.454 e. The van der Waals surface area contributed by atoms with Gasteiger partial charge in [-0.15, -0.1) is 0 Å². The number of carbonyl (C=O) groups excluding carboxylic acids is 2. The Balaban J connectivity index is 1.56. The molecule has 3 N–H and O–H groups in total. The average Bonchev–Trinajstić information content (AvgIpc) is 3.21. The van der Waals surface area contributed by atoms with Crippen molar-refractivity contribution in [1.82, 2.24) is 15.1 Å². The van der Waals surface area contributed by atoms with Crippen LogP contribution in [0.4, 0.5) is 0 Å². The Morgan fingerprint density at radius 2 is 1.90 bits per heavy atom. The fraction of sp³-hybridized carbons (Fsp3) is 0.381. The van der Waals surface area contributed by atoms with Gasteiger partial charge in [-0.3, -0.25) is 9.59 Å². The van der Waals surface area contributed by atoms with Crippen molar-refractivity contribution in [2.24, 2.45) is 10.7 Å². The first-order valence-corrected chi connectivity index (χ1v) is 10.3. The van der Waals surface area contributed by atoms with Gasteiger partial charge >= 0.3 is 0 Å². The van der Waals surface area contributed by atoms with Crippen molar-refractivity contribution in [3.63, 3.8) is 0 Å². The molecule has 2 heterocycles. The molecule has 9 heteroatoms. The number of aliphatic imine (C=N–C) groups is 1. The number of piperazine rings is 1. The van der Waals surface area contributed by atoms with E-state index in [2.05, 4.69) is 15.2 Å². The highest BCUT2D eigenvalue weighted by Crippen LogP contribution is 2.13. The summed E-state index contributed by atoms with van der Waals surface area (Å²) in [4.78, 5) is 32.3. The summed E-state index contributed by atoms with van der Waals surface area (Å²) < 4.78 is 5.38. The third kappa shape index (κ3) is 5.76. The molecule has 30 heavy (non-hydrogen) atoms. The Bertz CT molecular complexity index is 919. The van der Waals surface area contributed by atoms with Crippen LogP contribution in [0, 0.1) is 0 Å². The standard InChI is InChI=1S/C21H26ClN5O3/c1-2-24-21(25-14-17-6-7-18(30-17)20(23)29)27-10-8-26(9-11-27)19(28)13-15-4-3-5-16(22)12-15/h3-7,12H,2,8-11,13-14H2,1H3,(H2,23,29)(H,24,25). The van der Waals surface area contributed by atoms with Crippen LogP contribution in [0.15, 0.2) is 45.8 Å². The molecule has 0 unspecified atom stereocenters. The number of nitrogens with one attached hydrogen (secondary N) is 1. The molecule has 3 rings (SSSR count). The maximum absolute atomic E-state index is 12.6. The van der Waals surface area contributed by atoms with Crippen LogP contribution in [0.3, 0.4) is 0 Å². The normalized spacial score (nSPS) is 14.7. The minimum atomic E-state index is -0.601. The topological polar surface area (TPSA) is 104 Å². The summed E-state index contributed by atoms with van der Waals surface area (Å²) in [6.07, 6.45) is 0.343. The van der Waals surface area contributed by atoms with E-state index in [0.717, 1.165) is 18.1 Å². The van der Waals surface area contributed by atoms with Crippen LogP contribution >= 0.6 is 11.6 Å². The van der Waals surface area contributed by atoms with Crippen molar-refractivity contribution in [3.8, 4) is 0 Å². The lowest BCUT2D eigenvalue weighted by Crippen LogP contribution is -2.54. The Morgan fingerprint density at radius 1 is 1.17 bits per heavy atom. The van der Waals surface area contributed by atoms with Crippen LogP contribution in [0.2, 0.25) is 5.02 Å². The molecule has 1 aromatic carbocycles. The molecule has 1 aliphatic rings. The third-order valence-electron chi connectivity index (χ3n) is 4.80. The quantitative estimate of drug-likeness (QED) is 0.536. The van der Waals surface area contributed by atoms with E-state index < -0.39 is 5.91 Å². The van der Waals surface area contributed by atoms with E-state index in [1.165, 1.54) is 0 Å². The Hall–Kier alpha value is -3.00. The van der Waals surface area contributed by atoms with E-state index in [-0.39, 0.29) is 11.7 Å². The molecule has 8 nitrogen and oxygen atoms in total. The van der Waals surface area contributed by atoms with Crippen molar-refractivity contribution >= 4 is 29.4 Å². The van der Waals surface area contributed by atoms with Gasteiger partial charge in [0.15, 0.2) is 11.7 Å². The first-order chi connectivity index (χ1) is 14.5. The van der Waals surface area contributed by atoms with Crippen molar-refractivity contribution in [2.45, 2.75) is 19.9 Å². The molecule has 0 bridgehead atoms. The Labute approximate surface area is 180 Å². The summed E-state index contributed by atoms with van der Waals surface area (Å²) in [7, 11) is 0. The van der Waals surface area contributed by atoms with Crippen LogP contribution in [-0.2, 0) is 17.8 Å². The van der Waals surface area contributed by atoms with Gasteiger partial charge in [0.1, 0.15) is 12.3 Å². The summed E-state index contributed by atoms with van der Waals surface area (Å²) in [5, 5.41) is 3.90. The fourth-order valence-electron chi connectivity index (χ4n) is 3.27. The number of carbonyl (C=O) groups is 2. The number of amides is 2. The molecule has 2 amide bonds. The number of nitrogens with zero attached hydrogens (tertiary/aromatic N) is 3. The number of hydrogen-bond acceptors (Lipinski definition) is 4. The number of hydrogen-bond donors (Lipinski definition) is 2. The summed E-state index contributed by atoms with van der Waals surface area (Å²) in [5.74, 6) is 0.923. The number of primary amides is 1. The van der Waals surface area contributed by atoms with Crippen LogP contribution in [0.1, 0.15) is 28.8 Å². The maximum atomic E-state index is 12.6. The van der Waals surface area contributed by atoms with Crippen molar-refractivity contribution < 1.29 is 14.0 Å². The van der Waals surface area contributed by atoms with Gasteiger partial charge in [0.05, 0.1) is 6.42 Å². The van der Waals surface area contributed by atoms with Gasteiger partial charge in [-0.1, -0.05) is 23.7 Å². The SMILES string of the molecule is CCNC(=NCc1ccc(C(N)=O)o1)N1CCN(C(=O)Cc2cccc(Cl)c2)CC1.